The smallest absolute Gasteiger partial charge is 0.508 e. The molecule has 0 aromatic heterocycles. The molecule has 1 aromatic carbocycles. The molecule has 1 unspecified atom stereocenters. The van der Waals surface area contributed by atoms with Gasteiger partial charge in [-0.1, -0.05) is 12.7 Å². The van der Waals surface area contributed by atoms with Gasteiger partial charge in [-0.05, 0) is 64.7 Å². The summed E-state index contributed by atoms with van der Waals surface area (Å²) < 4.78 is 45.6. The predicted octanol–water partition coefficient (Wildman–Crippen LogP) is 3.23. The maximum absolute atomic E-state index is 13.9. The number of nitrogen functional groups attached to an aromatic ring is 1. The minimum absolute atomic E-state index is 0.00890. The van der Waals surface area contributed by atoms with E-state index in [1.807, 2.05) is 0 Å². The molecule has 40 heavy (non-hydrogen) atoms. The van der Waals surface area contributed by atoms with E-state index < -0.39 is 76.0 Å². The zero-order valence-corrected chi connectivity index (χ0v) is 22.4. The second kappa shape index (κ2) is 9.35. The Hall–Kier alpha value is -3.35. The number of aliphatic hydroxyl groups excluding tert-OH is 1. The number of fused-ring (bicyclic) bond motifs is 3. The number of allylic oxidation sites excluding steroid dienone is 2. The number of phenols is 1. The van der Waals surface area contributed by atoms with Crippen LogP contribution in [0.25, 0.3) is 0 Å². The lowest BCUT2D eigenvalue weighted by molar-refractivity contribution is -0.275. The molecule has 1 fully saturated rings. The molecular weight excluding hydrogens is 531 g/mol. The van der Waals surface area contributed by atoms with E-state index in [9.17, 15) is 38.1 Å². The van der Waals surface area contributed by atoms with Gasteiger partial charge in [-0.25, -0.2) is 0 Å². The fourth-order valence-corrected chi connectivity index (χ4v) is 7.26. The first-order chi connectivity index (χ1) is 18.6. The normalized spacial score (nSPS) is 30.4. The summed E-state index contributed by atoms with van der Waals surface area (Å²) in [7, 11) is 3.47. The van der Waals surface area contributed by atoms with Crippen molar-refractivity contribution in [1.29, 1.82) is 0 Å². The van der Waals surface area contributed by atoms with Crippen molar-refractivity contribution in [3.8, 4) is 11.5 Å². The second-order valence-electron chi connectivity index (χ2n) is 11.2. The second-order valence-corrected chi connectivity index (χ2v) is 11.2. The molecule has 6 N–H and O–H groups in total. The number of benzene rings is 1. The van der Waals surface area contributed by atoms with E-state index in [4.69, 9.17) is 5.73 Å². The first kappa shape index (κ1) is 28.2. The van der Waals surface area contributed by atoms with Crippen molar-refractivity contribution in [3.05, 3.63) is 51.8 Å². The summed E-state index contributed by atoms with van der Waals surface area (Å²) in [5, 5.41) is 37.4. The van der Waals surface area contributed by atoms with Crippen LogP contribution in [0.5, 0.6) is 11.5 Å². The zero-order chi connectivity index (χ0) is 29.5. The third-order valence-corrected chi connectivity index (χ3v) is 8.85. The van der Waals surface area contributed by atoms with Gasteiger partial charge < -0.3 is 36.0 Å². The van der Waals surface area contributed by atoms with Gasteiger partial charge in [0.15, 0.2) is 17.1 Å². The summed E-state index contributed by atoms with van der Waals surface area (Å²) >= 11 is 0. The van der Waals surface area contributed by atoms with E-state index >= 15 is 0 Å². The van der Waals surface area contributed by atoms with E-state index in [1.54, 1.807) is 25.9 Å². The van der Waals surface area contributed by atoms with E-state index in [0.717, 1.165) is 0 Å². The van der Waals surface area contributed by atoms with Crippen LogP contribution >= 0.6 is 0 Å². The molecule has 0 saturated carbocycles. The fraction of sp³-hybridized carbons (Fsp3) is 0.500. The van der Waals surface area contributed by atoms with Crippen molar-refractivity contribution < 1.29 is 42.8 Å². The van der Waals surface area contributed by atoms with Crippen LogP contribution < -0.4 is 15.8 Å². The number of likely N-dealkylation sites (N-methyl/N-ethyl adjacent to an activating group) is 1. The number of carbonyl (C=O) groups excluding carboxylic acids is 2. The number of Topliss-reactive ketones (excluding diaryl/α,β-unsaturated/α-hetero) is 2. The number of nitrogens with two attached hydrogens (primary N) is 1. The van der Waals surface area contributed by atoms with E-state index in [1.165, 1.54) is 6.08 Å². The van der Waals surface area contributed by atoms with Gasteiger partial charge >= 0.3 is 6.36 Å². The summed E-state index contributed by atoms with van der Waals surface area (Å²) in [5.74, 6) is -5.87. The highest BCUT2D eigenvalue weighted by Gasteiger charge is 2.61. The molecule has 5 atom stereocenters. The summed E-state index contributed by atoms with van der Waals surface area (Å²) in [6, 6.07) is -1.19. The van der Waals surface area contributed by atoms with Crippen LogP contribution in [0.3, 0.4) is 0 Å². The molecule has 3 aliphatic carbocycles. The molecule has 4 aliphatic rings. The number of rotatable bonds is 4. The Morgan fingerprint density at radius 1 is 1.25 bits per heavy atom. The minimum Gasteiger partial charge on any atom is -0.508 e. The molecule has 1 saturated heterocycles. The molecule has 216 valence electrons. The Morgan fingerprint density at radius 3 is 2.48 bits per heavy atom. The summed E-state index contributed by atoms with van der Waals surface area (Å²) in [4.78, 5) is 29.2. The molecule has 0 bridgehead atoms. The van der Waals surface area contributed by atoms with E-state index in [2.05, 4.69) is 16.6 Å². The molecule has 1 heterocycles. The highest BCUT2D eigenvalue weighted by Crippen LogP contribution is 2.56. The van der Waals surface area contributed by atoms with Crippen LogP contribution in [0.4, 0.5) is 18.9 Å². The largest absolute Gasteiger partial charge is 0.573 e. The number of carbonyl (C=O) groups is 2. The average Bonchev–Trinajstić information content (AvgIpc) is 3.38. The van der Waals surface area contributed by atoms with Gasteiger partial charge in [0, 0.05) is 40.3 Å². The number of phenolic OH excluding ortho intramolecular Hbond substituents is 1. The van der Waals surface area contributed by atoms with Crippen LogP contribution in [0, 0.1) is 11.8 Å². The number of nitrogens with one attached hydrogen (secondary N) is 1. The summed E-state index contributed by atoms with van der Waals surface area (Å²) in [5.41, 5.74) is 2.81. The van der Waals surface area contributed by atoms with Gasteiger partial charge in [-0.15, -0.1) is 13.2 Å². The van der Waals surface area contributed by atoms with Gasteiger partial charge in [-0.2, -0.15) is 0 Å². The standard InChI is InChI=1S/C28H32F3N3O6/c1-5-13-11(2)21(34(3)4)15-10-12-9-14-18(22(35)17(12)26(38)27(15,39)25(13)37)23(36)20(32)19(16-7-6-8-33-16)24(14)40-28(29,30)31/h5,12,15-16,21,33,36,38-39H,1,6-10,32H2,2-4H3/t12-,15-,16?,21+,27+/m0/s1. The molecule has 5 rings (SSSR count). The maximum atomic E-state index is 13.9. The molecule has 0 spiro atoms. The molecular formula is C28H32F3N3O6. The quantitative estimate of drug-likeness (QED) is 0.275. The number of ketones is 2. The molecule has 1 aliphatic heterocycles. The Balaban J connectivity index is 1.75. The summed E-state index contributed by atoms with van der Waals surface area (Å²) in [6.07, 6.45) is -2.96. The summed E-state index contributed by atoms with van der Waals surface area (Å²) in [6.45, 7) is 5.91. The average molecular weight is 564 g/mol. The van der Waals surface area contributed by atoms with Crippen LogP contribution in [0.2, 0.25) is 0 Å². The number of hydrogen-bond acceptors (Lipinski definition) is 9. The Morgan fingerprint density at radius 2 is 1.93 bits per heavy atom. The van der Waals surface area contributed by atoms with Crippen LogP contribution in [0.15, 0.2) is 35.1 Å². The molecule has 0 radical (unpaired) electrons. The van der Waals surface area contributed by atoms with Gasteiger partial charge in [0.2, 0.25) is 5.78 Å². The van der Waals surface area contributed by atoms with E-state index in [0.29, 0.717) is 25.0 Å². The van der Waals surface area contributed by atoms with Crippen LogP contribution in [-0.4, -0.2) is 70.4 Å². The highest BCUT2D eigenvalue weighted by molar-refractivity contribution is 6.17. The van der Waals surface area contributed by atoms with Crippen molar-refractivity contribution >= 4 is 17.3 Å². The SMILES string of the molecule is C=CC1=C(C)[C@@H](N(C)C)[C@@H]2C[C@@H]3Cc4c(OC(F)(F)F)c(C5CCCN5)c(N)c(O)c4C(=O)C3=C(O)[C@]2(O)C1=O. The monoisotopic (exact) mass is 563 g/mol. The van der Waals surface area contributed by atoms with Gasteiger partial charge in [0.25, 0.3) is 0 Å². The lowest BCUT2D eigenvalue weighted by Gasteiger charge is -2.51. The molecule has 0 amide bonds. The number of aliphatic hydroxyl groups is 2. The van der Waals surface area contributed by atoms with Crippen LogP contribution in [0.1, 0.15) is 53.7 Å². The van der Waals surface area contributed by atoms with Crippen molar-refractivity contribution in [3.63, 3.8) is 0 Å². The van der Waals surface area contributed by atoms with Crippen molar-refractivity contribution in [2.45, 2.75) is 56.7 Å². The number of alkyl halides is 3. The highest BCUT2D eigenvalue weighted by atomic mass is 19.4. The maximum Gasteiger partial charge on any atom is 0.573 e. The molecule has 12 heteroatoms. The number of nitrogens with zero attached hydrogens (tertiary/aromatic N) is 1. The Labute approximate surface area is 228 Å². The fourth-order valence-electron chi connectivity index (χ4n) is 7.26. The minimum atomic E-state index is -5.12. The predicted molar refractivity (Wildman–Crippen MR) is 139 cm³/mol. The van der Waals surface area contributed by atoms with Crippen LogP contribution in [-0.2, 0) is 11.2 Å². The van der Waals surface area contributed by atoms with Crippen molar-refractivity contribution in [2.24, 2.45) is 11.8 Å². The first-order valence-electron chi connectivity index (χ1n) is 13.1. The van der Waals surface area contributed by atoms with Gasteiger partial charge in [-0.3, -0.25) is 9.59 Å². The third-order valence-electron chi connectivity index (χ3n) is 8.85. The van der Waals surface area contributed by atoms with Gasteiger partial charge in [0.1, 0.15) is 11.5 Å². The first-order valence-corrected chi connectivity index (χ1v) is 13.1. The molecule has 9 nitrogen and oxygen atoms in total. The topological polar surface area (TPSA) is 145 Å². The lowest BCUT2D eigenvalue weighted by Crippen LogP contribution is -2.62. The Kier molecular flexibility index (Phi) is 6.59. The number of anilines is 1. The van der Waals surface area contributed by atoms with Crippen molar-refractivity contribution in [1.82, 2.24) is 10.2 Å². The number of halogens is 3. The lowest BCUT2D eigenvalue weighted by atomic mass is 9.57. The molecule has 1 aromatic rings. The number of hydrogen-bond donors (Lipinski definition) is 5. The third kappa shape index (κ3) is 3.87. The van der Waals surface area contributed by atoms with E-state index in [-0.39, 0.29) is 35.1 Å². The zero-order valence-electron chi connectivity index (χ0n) is 22.4. The number of ether oxygens (including phenoxy) is 1. The van der Waals surface area contributed by atoms with Crippen molar-refractivity contribution in [2.75, 3.05) is 26.4 Å². The number of aromatic hydroxyl groups is 1. The Bertz CT molecular complexity index is 1390. The van der Waals surface area contributed by atoms with Gasteiger partial charge in [0.05, 0.1) is 11.3 Å².